The molecular formula is C24H32N2O4. The Bertz CT molecular complexity index is 820. The Hall–Kier alpha value is -2.63. The summed E-state index contributed by atoms with van der Waals surface area (Å²) in [5.41, 5.74) is 0.501. The molecule has 0 aliphatic carbocycles. The van der Waals surface area contributed by atoms with Gasteiger partial charge >= 0.3 is 5.97 Å². The van der Waals surface area contributed by atoms with Crippen LogP contribution in [0.5, 0.6) is 0 Å². The molecule has 3 rings (SSSR count). The number of hydrogen-bond donors (Lipinski definition) is 0. The van der Waals surface area contributed by atoms with Gasteiger partial charge in [0.25, 0.3) is 0 Å². The van der Waals surface area contributed by atoms with E-state index in [9.17, 15) is 14.4 Å². The van der Waals surface area contributed by atoms with E-state index in [4.69, 9.17) is 4.74 Å². The molecule has 2 aliphatic heterocycles. The van der Waals surface area contributed by atoms with E-state index < -0.39 is 11.6 Å². The lowest BCUT2D eigenvalue weighted by atomic mass is 9.93. The Balaban J connectivity index is 1.78. The number of esters is 1. The molecule has 0 radical (unpaired) electrons. The Morgan fingerprint density at radius 2 is 1.87 bits per heavy atom. The lowest BCUT2D eigenvalue weighted by Gasteiger charge is -2.35. The van der Waals surface area contributed by atoms with E-state index in [1.165, 1.54) is 0 Å². The van der Waals surface area contributed by atoms with Crippen molar-refractivity contribution >= 4 is 17.8 Å². The van der Waals surface area contributed by atoms with Crippen LogP contribution in [0.3, 0.4) is 0 Å². The van der Waals surface area contributed by atoms with Gasteiger partial charge in [-0.05, 0) is 44.1 Å². The summed E-state index contributed by atoms with van der Waals surface area (Å²) >= 11 is 0. The van der Waals surface area contributed by atoms with Crippen LogP contribution in [0.25, 0.3) is 0 Å². The fourth-order valence-electron chi connectivity index (χ4n) is 4.59. The molecule has 1 aromatic rings. The van der Waals surface area contributed by atoms with Crippen molar-refractivity contribution in [2.75, 3.05) is 13.1 Å². The number of benzene rings is 1. The first-order valence-electron chi connectivity index (χ1n) is 10.8. The standard InChI is InChI=1S/C24H32N2O4/c1-17(2)15-20(22(28)30-16-19-9-6-5-7-10-19)25-14-12-24(23(25)29)11-8-13-26(24)21(27)18(3)4/h5-7,9-10,17,20H,3,8,11-16H2,1-2,4H3/t20-,24-/m1/s1. The average Bonchev–Trinajstić information content (AvgIpc) is 3.29. The second kappa shape index (κ2) is 9.02. The summed E-state index contributed by atoms with van der Waals surface area (Å²) in [6, 6.07) is 8.88. The molecule has 1 aromatic carbocycles. The molecule has 6 nitrogen and oxygen atoms in total. The monoisotopic (exact) mass is 412 g/mol. The lowest BCUT2D eigenvalue weighted by Crippen LogP contribution is -2.55. The number of carbonyl (C=O) groups is 3. The highest BCUT2D eigenvalue weighted by Gasteiger charge is 2.56. The first-order chi connectivity index (χ1) is 14.3. The Labute approximate surface area is 178 Å². The van der Waals surface area contributed by atoms with Gasteiger partial charge in [0, 0.05) is 18.7 Å². The van der Waals surface area contributed by atoms with Crippen molar-refractivity contribution in [3.05, 3.63) is 48.0 Å². The van der Waals surface area contributed by atoms with Crippen molar-refractivity contribution in [1.82, 2.24) is 9.80 Å². The third-order valence-electron chi connectivity index (χ3n) is 6.09. The van der Waals surface area contributed by atoms with Crippen molar-refractivity contribution in [2.45, 2.75) is 64.6 Å². The van der Waals surface area contributed by atoms with E-state index in [0.717, 1.165) is 12.0 Å². The summed E-state index contributed by atoms with van der Waals surface area (Å²) in [5.74, 6) is -0.458. The molecule has 30 heavy (non-hydrogen) atoms. The van der Waals surface area contributed by atoms with Crippen molar-refractivity contribution in [3.63, 3.8) is 0 Å². The van der Waals surface area contributed by atoms with E-state index in [0.29, 0.717) is 37.9 Å². The third kappa shape index (κ3) is 4.27. The van der Waals surface area contributed by atoms with Gasteiger partial charge in [-0.1, -0.05) is 50.8 Å². The van der Waals surface area contributed by atoms with Gasteiger partial charge in [-0.3, -0.25) is 9.59 Å². The van der Waals surface area contributed by atoms with Crippen LogP contribution < -0.4 is 0 Å². The van der Waals surface area contributed by atoms with Gasteiger partial charge in [0.1, 0.15) is 18.2 Å². The third-order valence-corrected chi connectivity index (χ3v) is 6.09. The molecular weight excluding hydrogens is 380 g/mol. The maximum Gasteiger partial charge on any atom is 0.329 e. The van der Waals surface area contributed by atoms with Gasteiger partial charge in [-0.25, -0.2) is 4.79 Å². The van der Waals surface area contributed by atoms with Crippen molar-refractivity contribution in [1.29, 1.82) is 0 Å². The Morgan fingerprint density at radius 3 is 2.50 bits per heavy atom. The van der Waals surface area contributed by atoms with E-state index in [1.807, 2.05) is 44.2 Å². The smallest absolute Gasteiger partial charge is 0.329 e. The van der Waals surface area contributed by atoms with E-state index >= 15 is 0 Å². The summed E-state index contributed by atoms with van der Waals surface area (Å²) in [5, 5.41) is 0. The van der Waals surface area contributed by atoms with Crippen LogP contribution in [0, 0.1) is 5.92 Å². The van der Waals surface area contributed by atoms with Crippen LogP contribution in [0.15, 0.2) is 42.5 Å². The predicted molar refractivity (Wildman–Crippen MR) is 114 cm³/mol. The summed E-state index contributed by atoms with van der Waals surface area (Å²) in [7, 11) is 0. The van der Waals surface area contributed by atoms with Gasteiger partial charge < -0.3 is 14.5 Å². The van der Waals surface area contributed by atoms with E-state index in [-0.39, 0.29) is 30.3 Å². The maximum absolute atomic E-state index is 13.6. The minimum absolute atomic E-state index is 0.128. The lowest BCUT2D eigenvalue weighted by molar-refractivity contribution is -0.158. The molecule has 1 spiro atoms. The van der Waals surface area contributed by atoms with Crippen LogP contribution in [-0.4, -0.2) is 52.3 Å². The molecule has 2 amide bonds. The van der Waals surface area contributed by atoms with Crippen molar-refractivity contribution < 1.29 is 19.1 Å². The number of nitrogens with zero attached hydrogens (tertiary/aromatic N) is 2. The largest absolute Gasteiger partial charge is 0.459 e. The maximum atomic E-state index is 13.6. The Kier molecular flexibility index (Phi) is 6.64. The van der Waals surface area contributed by atoms with Crippen LogP contribution in [0.4, 0.5) is 0 Å². The quantitative estimate of drug-likeness (QED) is 0.509. The highest BCUT2D eigenvalue weighted by atomic mass is 16.5. The molecule has 0 N–H and O–H groups in total. The average molecular weight is 413 g/mol. The number of rotatable bonds is 7. The van der Waals surface area contributed by atoms with Crippen molar-refractivity contribution in [2.24, 2.45) is 5.92 Å². The second-order valence-corrected chi connectivity index (χ2v) is 8.86. The number of carbonyl (C=O) groups excluding carboxylic acids is 3. The molecule has 0 bridgehead atoms. The van der Waals surface area contributed by atoms with Gasteiger partial charge in [-0.15, -0.1) is 0 Å². The minimum Gasteiger partial charge on any atom is -0.459 e. The molecule has 0 unspecified atom stereocenters. The number of ether oxygens (including phenoxy) is 1. The molecule has 2 saturated heterocycles. The predicted octanol–water partition coefficient (Wildman–Crippen LogP) is 3.31. The number of likely N-dealkylation sites (tertiary alicyclic amines) is 2. The highest BCUT2D eigenvalue weighted by Crippen LogP contribution is 2.40. The zero-order chi connectivity index (χ0) is 21.9. The topological polar surface area (TPSA) is 66.9 Å². The molecule has 2 fully saturated rings. The number of hydrogen-bond acceptors (Lipinski definition) is 4. The fraction of sp³-hybridized carbons (Fsp3) is 0.542. The first kappa shape index (κ1) is 22.1. The van der Waals surface area contributed by atoms with Gasteiger partial charge in [-0.2, -0.15) is 0 Å². The van der Waals surface area contributed by atoms with Crippen LogP contribution in [-0.2, 0) is 25.7 Å². The molecule has 2 aliphatic rings. The normalized spacial score (nSPS) is 22.1. The SMILES string of the molecule is C=C(C)C(=O)N1CCC[C@]12CCN([C@H](CC(C)C)C(=O)OCc1ccccc1)C2=O. The van der Waals surface area contributed by atoms with Crippen LogP contribution >= 0.6 is 0 Å². The molecule has 0 saturated carbocycles. The number of amides is 2. The summed E-state index contributed by atoms with van der Waals surface area (Å²) in [4.78, 5) is 42.6. The minimum atomic E-state index is -0.842. The first-order valence-corrected chi connectivity index (χ1v) is 10.8. The highest BCUT2D eigenvalue weighted by molar-refractivity contribution is 6.00. The van der Waals surface area contributed by atoms with E-state index in [1.54, 1.807) is 16.7 Å². The summed E-state index contributed by atoms with van der Waals surface area (Å²) in [6.07, 6.45) is 2.50. The Morgan fingerprint density at radius 1 is 1.17 bits per heavy atom. The van der Waals surface area contributed by atoms with Gasteiger partial charge in [0.2, 0.25) is 11.8 Å². The van der Waals surface area contributed by atoms with Crippen LogP contribution in [0.2, 0.25) is 0 Å². The van der Waals surface area contributed by atoms with Crippen LogP contribution in [0.1, 0.15) is 52.0 Å². The molecule has 0 aromatic heterocycles. The fourth-order valence-corrected chi connectivity index (χ4v) is 4.59. The zero-order valence-corrected chi connectivity index (χ0v) is 18.2. The molecule has 6 heteroatoms. The van der Waals surface area contributed by atoms with Gasteiger partial charge in [0.05, 0.1) is 0 Å². The molecule has 2 heterocycles. The summed E-state index contributed by atoms with van der Waals surface area (Å²) < 4.78 is 5.59. The zero-order valence-electron chi connectivity index (χ0n) is 18.2. The van der Waals surface area contributed by atoms with E-state index in [2.05, 4.69) is 6.58 Å². The second-order valence-electron chi connectivity index (χ2n) is 8.86. The summed E-state index contributed by atoms with van der Waals surface area (Å²) in [6.45, 7) is 10.7. The van der Waals surface area contributed by atoms with Gasteiger partial charge in [0.15, 0.2) is 0 Å². The molecule has 162 valence electrons. The molecule has 2 atom stereocenters. The van der Waals surface area contributed by atoms with Crippen molar-refractivity contribution in [3.8, 4) is 0 Å².